The molecule has 0 atom stereocenters. The van der Waals surface area contributed by atoms with Crippen molar-refractivity contribution in [1.82, 2.24) is 25.2 Å². The van der Waals surface area contributed by atoms with Gasteiger partial charge in [-0.1, -0.05) is 0 Å². The zero-order valence-corrected chi connectivity index (χ0v) is 8.97. The van der Waals surface area contributed by atoms with Crippen LogP contribution in [0.15, 0.2) is 12.3 Å². The number of esters is 1. The van der Waals surface area contributed by atoms with Crippen molar-refractivity contribution in [3.05, 3.63) is 18.0 Å². The summed E-state index contributed by atoms with van der Waals surface area (Å²) in [5.41, 5.74) is 1.14. The molecular formula is C9H11N5O2. The van der Waals surface area contributed by atoms with Crippen molar-refractivity contribution in [2.75, 3.05) is 7.11 Å². The van der Waals surface area contributed by atoms with Crippen LogP contribution < -0.4 is 0 Å². The van der Waals surface area contributed by atoms with Gasteiger partial charge in [0, 0.05) is 12.7 Å². The highest BCUT2D eigenvalue weighted by Crippen LogP contribution is 2.17. The van der Waals surface area contributed by atoms with Crippen molar-refractivity contribution >= 4 is 5.97 Å². The van der Waals surface area contributed by atoms with E-state index in [9.17, 15) is 4.79 Å². The average Bonchev–Trinajstić information content (AvgIpc) is 2.95. The van der Waals surface area contributed by atoms with Crippen LogP contribution in [0.1, 0.15) is 17.4 Å². The summed E-state index contributed by atoms with van der Waals surface area (Å²) in [6, 6.07) is 1.77. The van der Waals surface area contributed by atoms with Gasteiger partial charge in [0.15, 0.2) is 5.69 Å². The van der Waals surface area contributed by atoms with Gasteiger partial charge in [-0.2, -0.15) is 15.4 Å². The van der Waals surface area contributed by atoms with Crippen molar-refractivity contribution in [1.29, 1.82) is 0 Å². The van der Waals surface area contributed by atoms with Crippen LogP contribution in [0.25, 0.3) is 11.4 Å². The molecule has 0 fully saturated rings. The van der Waals surface area contributed by atoms with Crippen LogP contribution in [-0.2, 0) is 11.3 Å². The quantitative estimate of drug-likeness (QED) is 0.761. The lowest BCUT2D eigenvalue weighted by atomic mass is 10.2. The van der Waals surface area contributed by atoms with E-state index in [4.69, 9.17) is 0 Å². The Bertz CT molecular complexity index is 501. The second-order valence-electron chi connectivity index (χ2n) is 3.07. The van der Waals surface area contributed by atoms with Gasteiger partial charge in [-0.05, 0) is 13.0 Å². The Morgan fingerprint density at radius 2 is 2.38 bits per heavy atom. The van der Waals surface area contributed by atoms with Gasteiger partial charge in [0.2, 0.25) is 0 Å². The third-order valence-electron chi connectivity index (χ3n) is 2.13. The molecule has 0 unspecified atom stereocenters. The SMILES string of the molecule is CCn1ccc(-c2n[nH]nc2C(=O)OC)n1. The third-order valence-corrected chi connectivity index (χ3v) is 2.13. The van der Waals surface area contributed by atoms with Gasteiger partial charge in [-0.15, -0.1) is 5.10 Å². The zero-order chi connectivity index (χ0) is 11.5. The fourth-order valence-electron chi connectivity index (χ4n) is 1.31. The molecule has 7 nitrogen and oxygen atoms in total. The Morgan fingerprint density at radius 3 is 3.00 bits per heavy atom. The Balaban J connectivity index is 2.40. The average molecular weight is 221 g/mol. The molecule has 2 aromatic heterocycles. The lowest BCUT2D eigenvalue weighted by molar-refractivity contribution is 0.0595. The number of nitrogens with zero attached hydrogens (tertiary/aromatic N) is 4. The number of hydrogen-bond donors (Lipinski definition) is 1. The molecule has 84 valence electrons. The molecule has 2 heterocycles. The number of aromatic amines is 1. The Kier molecular flexibility index (Phi) is 2.67. The maximum Gasteiger partial charge on any atom is 0.360 e. The third kappa shape index (κ3) is 1.67. The van der Waals surface area contributed by atoms with E-state index in [1.54, 1.807) is 10.7 Å². The first-order valence-corrected chi connectivity index (χ1v) is 4.79. The normalized spacial score (nSPS) is 10.4. The number of aryl methyl sites for hydroxylation is 1. The topological polar surface area (TPSA) is 85.7 Å². The van der Waals surface area contributed by atoms with Crippen LogP contribution in [0, 0.1) is 0 Å². The van der Waals surface area contributed by atoms with Crippen molar-refractivity contribution in [3.63, 3.8) is 0 Å². The molecule has 1 N–H and O–H groups in total. The van der Waals surface area contributed by atoms with Crippen molar-refractivity contribution in [2.24, 2.45) is 0 Å². The maximum absolute atomic E-state index is 11.4. The molecule has 2 rings (SSSR count). The van der Waals surface area contributed by atoms with Crippen molar-refractivity contribution in [3.8, 4) is 11.4 Å². The van der Waals surface area contributed by atoms with E-state index < -0.39 is 5.97 Å². The minimum atomic E-state index is -0.533. The van der Waals surface area contributed by atoms with Crippen LogP contribution in [0.5, 0.6) is 0 Å². The summed E-state index contributed by atoms with van der Waals surface area (Å²) in [6.45, 7) is 2.73. The molecule has 7 heteroatoms. The number of carbonyl (C=O) groups excluding carboxylic acids is 1. The van der Waals surface area contributed by atoms with Crippen LogP contribution in [-0.4, -0.2) is 38.3 Å². The van der Waals surface area contributed by atoms with E-state index in [0.717, 1.165) is 6.54 Å². The highest BCUT2D eigenvalue weighted by molar-refractivity contribution is 5.93. The van der Waals surface area contributed by atoms with Gasteiger partial charge >= 0.3 is 5.97 Å². The monoisotopic (exact) mass is 221 g/mol. The predicted molar refractivity (Wildman–Crippen MR) is 54.6 cm³/mol. The largest absolute Gasteiger partial charge is 0.464 e. The number of aromatic nitrogens is 5. The molecule has 16 heavy (non-hydrogen) atoms. The molecule has 0 bridgehead atoms. The predicted octanol–water partition coefficient (Wildman–Crippen LogP) is 0.475. The molecule has 0 saturated heterocycles. The fourth-order valence-corrected chi connectivity index (χ4v) is 1.31. The summed E-state index contributed by atoms with van der Waals surface area (Å²) in [5.74, 6) is -0.533. The van der Waals surface area contributed by atoms with Gasteiger partial charge in [0.25, 0.3) is 0 Å². The second kappa shape index (κ2) is 4.13. The lowest BCUT2D eigenvalue weighted by Crippen LogP contribution is -2.04. The summed E-state index contributed by atoms with van der Waals surface area (Å²) in [7, 11) is 1.30. The van der Waals surface area contributed by atoms with Gasteiger partial charge in [0.1, 0.15) is 11.4 Å². The molecule has 0 aliphatic carbocycles. The van der Waals surface area contributed by atoms with Crippen LogP contribution in [0.3, 0.4) is 0 Å². The molecule has 0 spiro atoms. The summed E-state index contributed by atoms with van der Waals surface area (Å²) < 4.78 is 6.34. The van der Waals surface area contributed by atoms with Gasteiger partial charge in [0.05, 0.1) is 7.11 Å². The maximum atomic E-state index is 11.4. The molecular weight excluding hydrogens is 210 g/mol. The molecule has 0 radical (unpaired) electrons. The highest BCUT2D eigenvalue weighted by atomic mass is 16.5. The Labute approximate surface area is 91.4 Å². The Hall–Kier alpha value is -2.18. The number of nitrogens with one attached hydrogen (secondary N) is 1. The lowest BCUT2D eigenvalue weighted by Gasteiger charge is -1.95. The second-order valence-corrected chi connectivity index (χ2v) is 3.07. The van der Waals surface area contributed by atoms with Gasteiger partial charge < -0.3 is 4.74 Å². The van der Waals surface area contributed by atoms with E-state index in [-0.39, 0.29) is 5.69 Å². The summed E-state index contributed by atoms with van der Waals surface area (Å²) >= 11 is 0. The van der Waals surface area contributed by atoms with E-state index in [1.807, 2.05) is 13.1 Å². The number of H-pyrrole nitrogens is 1. The number of hydrogen-bond acceptors (Lipinski definition) is 5. The van der Waals surface area contributed by atoms with E-state index in [1.165, 1.54) is 7.11 Å². The van der Waals surface area contributed by atoms with Crippen LogP contribution >= 0.6 is 0 Å². The molecule has 2 aromatic rings. The number of methoxy groups -OCH3 is 1. The Morgan fingerprint density at radius 1 is 1.56 bits per heavy atom. The van der Waals surface area contributed by atoms with E-state index in [0.29, 0.717) is 11.4 Å². The van der Waals surface area contributed by atoms with E-state index >= 15 is 0 Å². The van der Waals surface area contributed by atoms with Gasteiger partial charge in [-0.25, -0.2) is 4.79 Å². The van der Waals surface area contributed by atoms with Crippen LogP contribution in [0.2, 0.25) is 0 Å². The standard InChI is InChI=1S/C9H11N5O2/c1-3-14-5-4-6(12-14)7-8(9(15)16-2)11-13-10-7/h4-5H,3H2,1-2H3,(H,10,11,13). The van der Waals surface area contributed by atoms with Gasteiger partial charge in [-0.3, -0.25) is 4.68 Å². The zero-order valence-electron chi connectivity index (χ0n) is 8.97. The highest BCUT2D eigenvalue weighted by Gasteiger charge is 2.19. The summed E-state index contributed by atoms with van der Waals surface area (Å²) in [6.07, 6.45) is 1.81. The molecule has 0 aliphatic heterocycles. The van der Waals surface area contributed by atoms with Crippen molar-refractivity contribution in [2.45, 2.75) is 13.5 Å². The molecule has 0 aliphatic rings. The molecule has 0 amide bonds. The van der Waals surface area contributed by atoms with E-state index in [2.05, 4.69) is 25.2 Å². The smallest absolute Gasteiger partial charge is 0.360 e. The molecule has 0 saturated carbocycles. The summed E-state index contributed by atoms with van der Waals surface area (Å²) in [4.78, 5) is 11.4. The first-order chi connectivity index (χ1) is 7.76. The fraction of sp³-hybridized carbons (Fsp3) is 0.333. The number of carbonyl (C=O) groups is 1. The number of rotatable bonds is 3. The summed E-state index contributed by atoms with van der Waals surface area (Å²) in [5, 5.41) is 14.3. The van der Waals surface area contributed by atoms with Crippen LogP contribution in [0.4, 0.5) is 0 Å². The first kappa shape index (κ1) is 10.3. The van der Waals surface area contributed by atoms with Crippen molar-refractivity contribution < 1.29 is 9.53 Å². The number of ether oxygens (including phenoxy) is 1. The minimum Gasteiger partial charge on any atom is -0.464 e. The first-order valence-electron chi connectivity index (χ1n) is 4.79. The molecule has 0 aromatic carbocycles. The minimum absolute atomic E-state index is 0.142.